The standard InChI is InChI=1S/C15H23F3N2/c1-3-13(19)14(15(16,17)18)20(2)11-7-10-12-8-5-4-6-9-12/h4-6,8-9,13-14H,3,7,10-11,19H2,1-2H3. The fraction of sp³-hybridized carbons (Fsp3) is 0.600. The molecule has 0 aliphatic carbocycles. The van der Waals surface area contributed by atoms with Gasteiger partial charge < -0.3 is 5.73 Å². The molecule has 0 aliphatic rings. The van der Waals surface area contributed by atoms with Gasteiger partial charge >= 0.3 is 6.18 Å². The molecule has 2 unspecified atom stereocenters. The predicted molar refractivity (Wildman–Crippen MR) is 75.5 cm³/mol. The molecule has 2 N–H and O–H groups in total. The summed E-state index contributed by atoms with van der Waals surface area (Å²) in [5, 5.41) is 0. The van der Waals surface area contributed by atoms with E-state index >= 15 is 0 Å². The summed E-state index contributed by atoms with van der Waals surface area (Å²) in [6.07, 6.45) is -2.51. The van der Waals surface area contributed by atoms with Crippen LogP contribution >= 0.6 is 0 Å². The maximum atomic E-state index is 13.0. The Hall–Kier alpha value is -1.07. The van der Waals surface area contributed by atoms with E-state index in [1.807, 2.05) is 30.3 Å². The molecule has 1 aromatic rings. The van der Waals surface area contributed by atoms with E-state index in [9.17, 15) is 13.2 Å². The van der Waals surface area contributed by atoms with E-state index in [0.717, 1.165) is 12.0 Å². The van der Waals surface area contributed by atoms with Crippen LogP contribution in [0.3, 0.4) is 0 Å². The van der Waals surface area contributed by atoms with Crippen molar-refractivity contribution in [2.45, 2.75) is 44.4 Å². The maximum Gasteiger partial charge on any atom is 0.405 e. The number of aryl methyl sites for hydroxylation is 1. The van der Waals surface area contributed by atoms with E-state index in [2.05, 4.69) is 0 Å². The van der Waals surface area contributed by atoms with Gasteiger partial charge in [0, 0.05) is 6.04 Å². The summed E-state index contributed by atoms with van der Waals surface area (Å²) in [5.74, 6) is 0. The second kappa shape index (κ2) is 7.64. The Morgan fingerprint density at radius 1 is 1.20 bits per heavy atom. The molecule has 0 amide bonds. The number of benzene rings is 1. The Kier molecular flexibility index (Phi) is 6.49. The minimum atomic E-state index is -4.28. The molecule has 1 rings (SSSR count). The number of likely N-dealkylation sites (N-methyl/N-ethyl adjacent to an activating group) is 1. The number of hydrogen-bond donors (Lipinski definition) is 1. The third-order valence-corrected chi connectivity index (χ3v) is 3.51. The largest absolute Gasteiger partial charge is 0.405 e. The summed E-state index contributed by atoms with van der Waals surface area (Å²) in [6, 6.07) is 7.32. The first-order valence-electron chi connectivity index (χ1n) is 6.92. The van der Waals surface area contributed by atoms with Crippen LogP contribution in [0.1, 0.15) is 25.3 Å². The van der Waals surface area contributed by atoms with Crippen LogP contribution in [-0.4, -0.2) is 36.8 Å². The van der Waals surface area contributed by atoms with Crippen molar-refractivity contribution in [2.24, 2.45) is 5.73 Å². The van der Waals surface area contributed by atoms with Crippen molar-refractivity contribution in [3.05, 3.63) is 35.9 Å². The number of nitrogens with zero attached hydrogens (tertiary/aromatic N) is 1. The minimum absolute atomic E-state index is 0.313. The van der Waals surface area contributed by atoms with Gasteiger partial charge in [-0.05, 0) is 38.4 Å². The summed E-state index contributed by atoms with van der Waals surface area (Å²) in [4.78, 5) is 1.33. The van der Waals surface area contributed by atoms with E-state index in [1.165, 1.54) is 11.9 Å². The molecule has 5 heteroatoms. The fourth-order valence-electron chi connectivity index (χ4n) is 2.36. The number of alkyl halides is 3. The zero-order chi connectivity index (χ0) is 15.2. The Bertz CT molecular complexity index is 378. The van der Waals surface area contributed by atoms with Crippen molar-refractivity contribution in [1.82, 2.24) is 4.90 Å². The summed E-state index contributed by atoms with van der Waals surface area (Å²) in [6.45, 7) is 2.06. The molecular formula is C15H23F3N2. The quantitative estimate of drug-likeness (QED) is 0.834. The first-order chi connectivity index (χ1) is 9.36. The number of halogens is 3. The lowest BCUT2D eigenvalue weighted by atomic mass is 10.0. The summed E-state index contributed by atoms with van der Waals surface area (Å²) < 4.78 is 39.1. The number of nitrogens with two attached hydrogens (primary N) is 1. The molecule has 0 heterocycles. The van der Waals surface area contributed by atoms with Crippen LogP contribution in [0.15, 0.2) is 30.3 Å². The summed E-state index contributed by atoms with van der Waals surface area (Å²) in [5.41, 5.74) is 6.77. The lowest BCUT2D eigenvalue weighted by Gasteiger charge is -2.33. The molecule has 2 nitrogen and oxygen atoms in total. The van der Waals surface area contributed by atoms with Crippen LogP contribution in [0.2, 0.25) is 0 Å². The van der Waals surface area contributed by atoms with Gasteiger partial charge in [-0.3, -0.25) is 4.90 Å². The molecule has 0 bridgehead atoms. The van der Waals surface area contributed by atoms with Crippen LogP contribution in [0.5, 0.6) is 0 Å². The Morgan fingerprint density at radius 2 is 1.80 bits per heavy atom. The van der Waals surface area contributed by atoms with Gasteiger partial charge in [0.25, 0.3) is 0 Å². The van der Waals surface area contributed by atoms with Gasteiger partial charge in [-0.15, -0.1) is 0 Å². The topological polar surface area (TPSA) is 29.3 Å². The predicted octanol–water partition coefficient (Wildman–Crippen LogP) is 3.22. The minimum Gasteiger partial charge on any atom is -0.326 e. The lowest BCUT2D eigenvalue weighted by molar-refractivity contribution is -0.186. The van der Waals surface area contributed by atoms with Crippen LogP contribution in [0.25, 0.3) is 0 Å². The molecule has 20 heavy (non-hydrogen) atoms. The van der Waals surface area contributed by atoms with Gasteiger partial charge in [-0.1, -0.05) is 37.3 Å². The molecule has 0 saturated carbocycles. The van der Waals surface area contributed by atoms with Gasteiger partial charge in [-0.25, -0.2) is 0 Å². The summed E-state index contributed by atoms with van der Waals surface area (Å²) >= 11 is 0. The maximum absolute atomic E-state index is 13.0. The first-order valence-corrected chi connectivity index (χ1v) is 6.92. The summed E-state index contributed by atoms with van der Waals surface area (Å²) in [7, 11) is 1.50. The Labute approximate surface area is 118 Å². The average Bonchev–Trinajstić information content (AvgIpc) is 2.38. The SMILES string of the molecule is CCC(N)C(N(C)CCCc1ccccc1)C(F)(F)F. The lowest BCUT2D eigenvalue weighted by Crippen LogP contribution is -2.54. The second-order valence-corrected chi connectivity index (χ2v) is 5.13. The highest BCUT2D eigenvalue weighted by atomic mass is 19.4. The normalized spacial score (nSPS) is 15.3. The van der Waals surface area contributed by atoms with E-state index in [4.69, 9.17) is 5.73 Å². The highest BCUT2D eigenvalue weighted by molar-refractivity contribution is 5.14. The Balaban J connectivity index is 2.52. The van der Waals surface area contributed by atoms with Crippen molar-refractivity contribution < 1.29 is 13.2 Å². The van der Waals surface area contributed by atoms with E-state index in [0.29, 0.717) is 19.4 Å². The van der Waals surface area contributed by atoms with E-state index in [-0.39, 0.29) is 0 Å². The molecular weight excluding hydrogens is 265 g/mol. The highest BCUT2D eigenvalue weighted by Gasteiger charge is 2.45. The third kappa shape index (κ3) is 5.13. The van der Waals surface area contributed by atoms with Crippen LogP contribution in [-0.2, 0) is 6.42 Å². The highest BCUT2D eigenvalue weighted by Crippen LogP contribution is 2.27. The zero-order valence-corrected chi connectivity index (χ0v) is 12.0. The molecule has 0 radical (unpaired) electrons. The van der Waals surface area contributed by atoms with Gasteiger partial charge in [0.1, 0.15) is 6.04 Å². The molecule has 0 saturated heterocycles. The van der Waals surface area contributed by atoms with Gasteiger partial charge in [-0.2, -0.15) is 13.2 Å². The molecule has 114 valence electrons. The van der Waals surface area contributed by atoms with E-state index < -0.39 is 18.3 Å². The van der Waals surface area contributed by atoms with Crippen molar-refractivity contribution >= 4 is 0 Å². The van der Waals surface area contributed by atoms with Gasteiger partial charge in [0.05, 0.1) is 0 Å². The van der Waals surface area contributed by atoms with Crippen molar-refractivity contribution in [3.63, 3.8) is 0 Å². The fourth-order valence-corrected chi connectivity index (χ4v) is 2.36. The monoisotopic (exact) mass is 288 g/mol. The van der Waals surface area contributed by atoms with Crippen molar-refractivity contribution in [3.8, 4) is 0 Å². The molecule has 2 atom stereocenters. The molecule has 0 aromatic heterocycles. The molecule has 0 spiro atoms. The van der Waals surface area contributed by atoms with Gasteiger partial charge in [0.15, 0.2) is 0 Å². The first kappa shape index (κ1) is 17.0. The van der Waals surface area contributed by atoms with Crippen molar-refractivity contribution in [1.29, 1.82) is 0 Å². The molecule has 1 aromatic carbocycles. The smallest absolute Gasteiger partial charge is 0.326 e. The van der Waals surface area contributed by atoms with Crippen LogP contribution in [0, 0.1) is 0 Å². The Morgan fingerprint density at radius 3 is 2.30 bits per heavy atom. The second-order valence-electron chi connectivity index (χ2n) is 5.13. The van der Waals surface area contributed by atoms with Crippen LogP contribution < -0.4 is 5.73 Å². The zero-order valence-electron chi connectivity index (χ0n) is 12.0. The van der Waals surface area contributed by atoms with Crippen molar-refractivity contribution in [2.75, 3.05) is 13.6 Å². The molecule has 0 fully saturated rings. The molecule has 0 aliphatic heterocycles. The average molecular weight is 288 g/mol. The number of rotatable bonds is 7. The van der Waals surface area contributed by atoms with Crippen LogP contribution in [0.4, 0.5) is 13.2 Å². The van der Waals surface area contributed by atoms with Gasteiger partial charge in [0.2, 0.25) is 0 Å². The number of hydrogen-bond acceptors (Lipinski definition) is 2. The third-order valence-electron chi connectivity index (χ3n) is 3.51. The van der Waals surface area contributed by atoms with E-state index in [1.54, 1.807) is 6.92 Å².